The van der Waals surface area contributed by atoms with Crippen LogP contribution >= 0.6 is 11.6 Å². The van der Waals surface area contributed by atoms with Gasteiger partial charge in [-0.25, -0.2) is 0 Å². The van der Waals surface area contributed by atoms with E-state index >= 15 is 0 Å². The van der Waals surface area contributed by atoms with Crippen molar-refractivity contribution in [1.29, 1.82) is 0 Å². The van der Waals surface area contributed by atoms with Crippen LogP contribution in [0.25, 0.3) is 11.1 Å². The van der Waals surface area contributed by atoms with E-state index in [4.69, 9.17) is 25.8 Å². The highest BCUT2D eigenvalue weighted by molar-refractivity contribution is 6.18. The monoisotopic (exact) mass is 558 g/mol. The van der Waals surface area contributed by atoms with Crippen LogP contribution < -0.4 is 9.47 Å². The Bertz CT molecular complexity index is 1360. The van der Waals surface area contributed by atoms with Crippen molar-refractivity contribution in [3.05, 3.63) is 119 Å². The summed E-state index contributed by atoms with van der Waals surface area (Å²) < 4.78 is 17.1. The number of ether oxygens (including phenoxy) is 3. The molecule has 0 amide bonds. The molecule has 208 valence electrons. The zero-order valence-corrected chi connectivity index (χ0v) is 23.6. The van der Waals surface area contributed by atoms with Gasteiger partial charge in [0.1, 0.15) is 36.9 Å². The molecule has 0 saturated carbocycles. The molecule has 2 unspecified atom stereocenters. The molecule has 1 aliphatic carbocycles. The molecule has 0 heterocycles. The zero-order chi connectivity index (χ0) is 28.1. The zero-order valence-electron chi connectivity index (χ0n) is 22.8. The fourth-order valence-corrected chi connectivity index (χ4v) is 5.50. The van der Waals surface area contributed by atoms with Crippen LogP contribution in [0.1, 0.15) is 36.1 Å². The smallest absolute Gasteiger partial charge is 0.119 e. The Morgan fingerprint density at radius 3 is 1.52 bits per heavy atom. The molecule has 0 saturated heterocycles. The maximum Gasteiger partial charge on any atom is 0.119 e. The second kappa shape index (κ2) is 12.4. The van der Waals surface area contributed by atoms with Gasteiger partial charge in [0.05, 0.1) is 24.0 Å². The Balaban J connectivity index is 1.52. The third-order valence-electron chi connectivity index (χ3n) is 7.21. The molecule has 6 heteroatoms. The quantitative estimate of drug-likeness (QED) is 0.179. The Morgan fingerprint density at radius 1 is 0.625 bits per heavy atom. The Kier molecular flexibility index (Phi) is 8.77. The SMILES string of the molecule is CC(C)OCC(O)COc1ccc(C2(c3ccc(OCC(O)CCl)cc3)c3ccccc3-c3ccccc32)cc1. The Morgan fingerprint density at radius 2 is 1.07 bits per heavy atom. The summed E-state index contributed by atoms with van der Waals surface area (Å²) >= 11 is 5.73. The lowest BCUT2D eigenvalue weighted by Gasteiger charge is -2.34. The van der Waals surface area contributed by atoms with Crippen LogP contribution in [0.3, 0.4) is 0 Å². The molecular formula is C34H35ClO5. The average molecular weight is 559 g/mol. The van der Waals surface area contributed by atoms with Crippen molar-refractivity contribution < 1.29 is 24.4 Å². The first kappa shape index (κ1) is 28.2. The molecule has 2 N–H and O–H groups in total. The van der Waals surface area contributed by atoms with Crippen LogP contribution in [0.2, 0.25) is 0 Å². The van der Waals surface area contributed by atoms with Gasteiger partial charge < -0.3 is 24.4 Å². The van der Waals surface area contributed by atoms with E-state index in [0.29, 0.717) is 11.5 Å². The van der Waals surface area contributed by atoms with Gasteiger partial charge in [0.15, 0.2) is 0 Å². The summed E-state index contributed by atoms with van der Waals surface area (Å²) in [6.45, 7) is 4.40. The van der Waals surface area contributed by atoms with Crippen molar-refractivity contribution in [3.63, 3.8) is 0 Å². The second-order valence-corrected chi connectivity index (χ2v) is 10.7. The summed E-state index contributed by atoms with van der Waals surface area (Å²) in [5.74, 6) is 1.48. The lowest BCUT2D eigenvalue weighted by atomic mass is 9.68. The van der Waals surface area contributed by atoms with Gasteiger partial charge in [-0.2, -0.15) is 0 Å². The highest BCUT2D eigenvalue weighted by Gasteiger charge is 2.45. The minimum Gasteiger partial charge on any atom is -0.491 e. The van der Waals surface area contributed by atoms with E-state index in [1.54, 1.807) is 0 Å². The highest BCUT2D eigenvalue weighted by Crippen LogP contribution is 2.56. The van der Waals surface area contributed by atoms with Crippen LogP contribution in [0.5, 0.6) is 11.5 Å². The number of hydrogen-bond donors (Lipinski definition) is 2. The third-order valence-corrected chi connectivity index (χ3v) is 7.57. The van der Waals surface area contributed by atoms with Gasteiger partial charge in [0.25, 0.3) is 0 Å². The first-order chi connectivity index (χ1) is 19.4. The van der Waals surface area contributed by atoms with Gasteiger partial charge in [-0.05, 0) is 71.5 Å². The fraction of sp³-hybridized carbons (Fsp3) is 0.294. The average Bonchev–Trinajstić information content (AvgIpc) is 3.29. The molecule has 0 aromatic heterocycles. The van der Waals surface area contributed by atoms with Crippen LogP contribution in [-0.2, 0) is 10.2 Å². The molecular weight excluding hydrogens is 524 g/mol. The summed E-state index contributed by atoms with van der Waals surface area (Å²) in [5, 5.41) is 20.0. The lowest BCUT2D eigenvalue weighted by molar-refractivity contribution is -0.0122. The highest BCUT2D eigenvalue weighted by atomic mass is 35.5. The number of aliphatic hydroxyl groups excluding tert-OH is 2. The molecule has 0 spiro atoms. The number of fused-ring (bicyclic) bond motifs is 3. The van der Waals surface area contributed by atoms with E-state index in [1.807, 2.05) is 38.1 Å². The van der Waals surface area contributed by atoms with Gasteiger partial charge >= 0.3 is 0 Å². The van der Waals surface area contributed by atoms with E-state index in [9.17, 15) is 10.2 Å². The summed E-state index contributed by atoms with van der Waals surface area (Å²) in [5.41, 5.74) is 6.48. The van der Waals surface area contributed by atoms with Gasteiger partial charge in [-0.1, -0.05) is 72.8 Å². The maximum absolute atomic E-state index is 10.2. The molecule has 5 nitrogen and oxygen atoms in total. The van der Waals surface area contributed by atoms with Crippen molar-refractivity contribution in [2.24, 2.45) is 0 Å². The molecule has 0 bridgehead atoms. The van der Waals surface area contributed by atoms with Crippen LogP contribution in [-0.4, -0.2) is 54.2 Å². The molecule has 0 aliphatic heterocycles. The van der Waals surface area contributed by atoms with E-state index in [-0.39, 0.29) is 31.8 Å². The van der Waals surface area contributed by atoms with E-state index in [2.05, 4.69) is 72.8 Å². The number of benzene rings is 4. The van der Waals surface area contributed by atoms with E-state index in [1.165, 1.54) is 22.3 Å². The Hall–Kier alpha value is -3.35. The first-order valence-corrected chi connectivity index (χ1v) is 14.2. The van der Waals surface area contributed by atoms with E-state index in [0.717, 1.165) is 11.1 Å². The maximum atomic E-state index is 10.2. The van der Waals surface area contributed by atoms with Crippen molar-refractivity contribution in [1.82, 2.24) is 0 Å². The molecule has 4 aromatic rings. The third kappa shape index (κ3) is 5.61. The molecule has 40 heavy (non-hydrogen) atoms. The topological polar surface area (TPSA) is 68.2 Å². The molecule has 1 aliphatic rings. The standard InChI is InChI=1S/C34H35ClO5/c1-23(2)38-21-27(37)22-40-29-17-13-25(14-18-29)34(24-11-15-28(16-12-24)39-20-26(36)19-35)32-9-5-3-7-30(32)31-8-4-6-10-33(31)34/h3-18,23,26-27,36-37H,19-22H2,1-2H3. The predicted molar refractivity (Wildman–Crippen MR) is 159 cm³/mol. The number of hydrogen-bond acceptors (Lipinski definition) is 5. The summed E-state index contributed by atoms with van der Waals surface area (Å²) in [7, 11) is 0. The van der Waals surface area contributed by atoms with Crippen LogP contribution in [0.4, 0.5) is 0 Å². The number of rotatable bonds is 12. The summed E-state index contributed by atoms with van der Waals surface area (Å²) in [6.07, 6.45) is -1.36. The molecule has 2 atom stereocenters. The van der Waals surface area contributed by atoms with Gasteiger partial charge in [-0.3, -0.25) is 0 Å². The van der Waals surface area contributed by atoms with Crippen LogP contribution in [0.15, 0.2) is 97.1 Å². The molecule has 0 radical (unpaired) electrons. The van der Waals surface area contributed by atoms with Gasteiger partial charge in [0.2, 0.25) is 0 Å². The number of alkyl halides is 1. The van der Waals surface area contributed by atoms with Crippen LogP contribution in [0, 0.1) is 0 Å². The minimum atomic E-state index is -0.717. The largest absolute Gasteiger partial charge is 0.491 e. The fourth-order valence-electron chi connectivity index (χ4n) is 5.41. The van der Waals surface area contributed by atoms with Crippen molar-refractivity contribution >= 4 is 11.6 Å². The Labute approximate surface area is 240 Å². The second-order valence-electron chi connectivity index (χ2n) is 10.4. The van der Waals surface area contributed by atoms with Crippen molar-refractivity contribution in [2.75, 3.05) is 25.7 Å². The predicted octanol–water partition coefficient (Wildman–Crippen LogP) is 6.19. The normalized spacial score (nSPS) is 14.8. The van der Waals surface area contributed by atoms with Gasteiger partial charge in [-0.15, -0.1) is 11.6 Å². The molecule has 4 aromatic carbocycles. The van der Waals surface area contributed by atoms with Crippen molar-refractivity contribution in [3.8, 4) is 22.6 Å². The lowest BCUT2D eigenvalue weighted by Crippen LogP contribution is -2.28. The number of aliphatic hydroxyl groups is 2. The first-order valence-electron chi connectivity index (χ1n) is 13.6. The summed E-state index contributed by atoms with van der Waals surface area (Å²) in [4.78, 5) is 0. The van der Waals surface area contributed by atoms with Gasteiger partial charge in [0, 0.05) is 0 Å². The summed E-state index contributed by atoms with van der Waals surface area (Å²) in [6, 6.07) is 33.3. The molecule has 5 rings (SSSR count). The number of halogens is 1. The minimum absolute atomic E-state index is 0.0557. The molecule has 0 fully saturated rings. The van der Waals surface area contributed by atoms with Crippen molar-refractivity contribution in [2.45, 2.75) is 37.6 Å². The van der Waals surface area contributed by atoms with E-state index < -0.39 is 17.6 Å².